The zero-order chi connectivity index (χ0) is 15.4. The summed E-state index contributed by atoms with van der Waals surface area (Å²) in [6, 6.07) is 0. The summed E-state index contributed by atoms with van der Waals surface area (Å²) >= 11 is 0. The summed E-state index contributed by atoms with van der Waals surface area (Å²) < 4.78 is 11.1. The molecule has 1 N–H and O–H groups in total. The van der Waals surface area contributed by atoms with E-state index >= 15 is 0 Å². The predicted octanol–water partition coefficient (Wildman–Crippen LogP) is 1.56. The minimum absolute atomic E-state index is 0.0817. The summed E-state index contributed by atoms with van der Waals surface area (Å²) in [6.45, 7) is 7.42. The monoisotopic (exact) mass is 310 g/mol. The Balaban J connectivity index is 1.55. The molecular weight excluding hydrogens is 280 g/mol. The van der Waals surface area contributed by atoms with Crippen molar-refractivity contribution in [2.24, 2.45) is 5.92 Å². The number of amides is 1. The summed E-state index contributed by atoms with van der Waals surface area (Å²) in [6.07, 6.45) is 7.02. The van der Waals surface area contributed by atoms with E-state index < -0.39 is 0 Å². The molecule has 0 radical (unpaired) electrons. The first-order chi connectivity index (χ1) is 10.7. The molecule has 0 aromatic heterocycles. The highest BCUT2D eigenvalue weighted by atomic mass is 16.5. The van der Waals surface area contributed by atoms with Crippen LogP contribution in [0.5, 0.6) is 0 Å². The molecule has 0 bridgehead atoms. The molecule has 3 aliphatic rings. The van der Waals surface area contributed by atoms with Gasteiger partial charge in [0.1, 0.15) is 0 Å². The van der Waals surface area contributed by atoms with E-state index in [1.54, 1.807) is 0 Å². The molecule has 2 atom stereocenters. The van der Waals surface area contributed by atoms with Gasteiger partial charge in [-0.3, -0.25) is 9.69 Å². The first-order valence-electron chi connectivity index (χ1n) is 8.97. The van der Waals surface area contributed by atoms with E-state index in [1.165, 1.54) is 32.4 Å². The van der Waals surface area contributed by atoms with Gasteiger partial charge in [-0.15, -0.1) is 0 Å². The maximum absolute atomic E-state index is 12.3. The van der Waals surface area contributed by atoms with Gasteiger partial charge in [0.05, 0.1) is 12.0 Å². The fraction of sp³-hybridized carbons (Fsp3) is 0.941. The number of rotatable bonds is 6. The number of ether oxygens (including phenoxy) is 2. The Morgan fingerprint density at radius 1 is 1.27 bits per heavy atom. The highest BCUT2D eigenvalue weighted by molar-refractivity contribution is 5.82. The molecular formula is C17H30N2O3. The van der Waals surface area contributed by atoms with Crippen molar-refractivity contribution in [3.8, 4) is 0 Å². The van der Waals surface area contributed by atoms with E-state index in [2.05, 4.69) is 10.2 Å². The summed E-state index contributed by atoms with van der Waals surface area (Å²) in [5.41, 5.74) is 0.115. The number of piperidine rings is 1. The van der Waals surface area contributed by atoms with Crippen LogP contribution in [0.3, 0.4) is 0 Å². The molecule has 0 spiro atoms. The Labute approximate surface area is 133 Å². The van der Waals surface area contributed by atoms with E-state index in [9.17, 15) is 4.79 Å². The van der Waals surface area contributed by atoms with Crippen LogP contribution >= 0.6 is 0 Å². The molecule has 2 saturated heterocycles. The minimum Gasteiger partial charge on any atom is -0.381 e. The third-order valence-electron chi connectivity index (χ3n) is 5.49. The van der Waals surface area contributed by atoms with Gasteiger partial charge in [-0.2, -0.15) is 0 Å². The van der Waals surface area contributed by atoms with Crippen LogP contribution < -0.4 is 5.32 Å². The van der Waals surface area contributed by atoms with Gasteiger partial charge in [0.2, 0.25) is 5.91 Å². The molecule has 3 rings (SSSR count). The van der Waals surface area contributed by atoms with Crippen molar-refractivity contribution in [3.05, 3.63) is 0 Å². The molecule has 0 aromatic rings. The molecule has 0 aromatic carbocycles. The second-order valence-electron chi connectivity index (χ2n) is 6.94. The van der Waals surface area contributed by atoms with Crippen LogP contribution in [0.1, 0.15) is 45.4 Å². The normalized spacial score (nSPS) is 31.7. The Bertz CT molecular complexity index is 376. The topological polar surface area (TPSA) is 50.8 Å². The standard InChI is InChI=1S/C17H30N2O3/c1-2-22-15-12-14(15)16(20)18-13-17(6-10-21-11-7-17)19-8-4-3-5-9-19/h14-15H,2-13H2,1H3,(H,18,20)/t14-,15-/m1/s1. The fourth-order valence-corrected chi connectivity index (χ4v) is 3.95. The third kappa shape index (κ3) is 3.63. The second-order valence-corrected chi connectivity index (χ2v) is 6.94. The predicted molar refractivity (Wildman–Crippen MR) is 84.7 cm³/mol. The van der Waals surface area contributed by atoms with E-state index in [1.807, 2.05) is 6.92 Å². The lowest BCUT2D eigenvalue weighted by atomic mass is 9.86. The highest BCUT2D eigenvalue weighted by Gasteiger charge is 2.45. The molecule has 0 unspecified atom stereocenters. The van der Waals surface area contributed by atoms with Crippen molar-refractivity contribution < 1.29 is 14.3 Å². The van der Waals surface area contributed by atoms with E-state index in [0.717, 1.165) is 39.0 Å². The molecule has 1 saturated carbocycles. The number of carbonyl (C=O) groups excluding carboxylic acids is 1. The van der Waals surface area contributed by atoms with E-state index in [4.69, 9.17) is 9.47 Å². The van der Waals surface area contributed by atoms with Crippen molar-refractivity contribution in [2.45, 2.75) is 57.1 Å². The fourth-order valence-electron chi connectivity index (χ4n) is 3.95. The van der Waals surface area contributed by atoms with E-state index in [0.29, 0.717) is 6.61 Å². The molecule has 1 amide bonds. The third-order valence-corrected chi connectivity index (χ3v) is 5.49. The molecule has 5 heteroatoms. The first kappa shape index (κ1) is 16.2. The van der Waals surface area contributed by atoms with Crippen LogP contribution in [0, 0.1) is 5.92 Å². The van der Waals surface area contributed by atoms with Crippen LogP contribution in [0.15, 0.2) is 0 Å². The van der Waals surface area contributed by atoms with Crippen molar-refractivity contribution >= 4 is 5.91 Å². The average Bonchev–Trinajstić information content (AvgIpc) is 3.34. The lowest BCUT2D eigenvalue weighted by Gasteiger charge is -2.48. The molecule has 2 heterocycles. The molecule has 22 heavy (non-hydrogen) atoms. The Morgan fingerprint density at radius 3 is 2.68 bits per heavy atom. The second kappa shape index (κ2) is 7.28. The zero-order valence-electron chi connectivity index (χ0n) is 13.8. The van der Waals surface area contributed by atoms with Gasteiger partial charge < -0.3 is 14.8 Å². The molecule has 3 fully saturated rings. The maximum atomic E-state index is 12.3. The van der Waals surface area contributed by atoms with Crippen molar-refractivity contribution in [3.63, 3.8) is 0 Å². The van der Waals surface area contributed by atoms with Crippen LogP contribution in [0.4, 0.5) is 0 Å². The Kier molecular flexibility index (Phi) is 5.37. The smallest absolute Gasteiger partial charge is 0.225 e. The summed E-state index contributed by atoms with van der Waals surface area (Å²) in [5, 5.41) is 3.22. The zero-order valence-corrected chi connectivity index (χ0v) is 13.8. The van der Waals surface area contributed by atoms with Gasteiger partial charge in [-0.25, -0.2) is 0 Å². The lowest BCUT2D eigenvalue weighted by Crippen LogP contribution is -2.59. The van der Waals surface area contributed by atoms with Gasteiger partial charge in [0, 0.05) is 31.9 Å². The van der Waals surface area contributed by atoms with Gasteiger partial charge in [0.15, 0.2) is 0 Å². The van der Waals surface area contributed by atoms with E-state index in [-0.39, 0.29) is 23.5 Å². The van der Waals surface area contributed by atoms with Crippen molar-refractivity contribution in [1.29, 1.82) is 0 Å². The number of hydrogen-bond acceptors (Lipinski definition) is 4. The van der Waals surface area contributed by atoms with Gasteiger partial charge in [-0.05, 0) is 52.1 Å². The van der Waals surface area contributed by atoms with Crippen molar-refractivity contribution in [1.82, 2.24) is 10.2 Å². The summed E-state index contributed by atoms with van der Waals surface area (Å²) in [5.74, 6) is 0.263. The van der Waals surface area contributed by atoms with Crippen molar-refractivity contribution in [2.75, 3.05) is 39.5 Å². The SMILES string of the molecule is CCO[C@@H]1C[C@H]1C(=O)NCC1(N2CCCCC2)CCOCC1. The molecule has 1 aliphatic carbocycles. The maximum Gasteiger partial charge on any atom is 0.225 e. The van der Waals surface area contributed by atoms with Crippen LogP contribution in [0.2, 0.25) is 0 Å². The summed E-state index contributed by atoms with van der Waals surface area (Å²) in [4.78, 5) is 14.9. The number of carbonyl (C=O) groups is 1. The molecule has 126 valence electrons. The molecule has 2 aliphatic heterocycles. The first-order valence-corrected chi connectivity index (χ1v) is 8.97. The van der Waals surface area contributed by atoms with Crippen LogP contribution in [-0.2, 0) is 14.3 Å². The Hall–Kier alpha value is -0.650. The number of nitrogens with one attached hydrogen (secondary N) is 1. The minimum atomic E-state index is 0.0817. The quantitative estimate of drug-likeness (QED) is 0.809. The van der Waals surface area contributed by atoms with Gasteiger partial charge in [0.25, 0.3) is 0 Å². The number of likely N-dealkylation sites (tertiary alicyclic amines) is 1. The highest BCUT2D eigenvalue weighted by Crippen LogP contribution is 2.35. The van der Waals surface area contributed by atoms with Crippen LogP contribution in [0.25, 0.3) is 0 Å². The Morgan fingerprint density at radius 2 is 2.00 bits per heavy atom. The van der Waals surface area contributed by atoms with Crippen LogP contribution in [-0.4, -0.2) is 61.9 Å². The van der Waals surface area contributed by atoms with Gasteiger partial charge in [-0.1, -0.05) is 6.42 Å². The largest absolute Gasteiger partial charge is 0.381 e. The lowest BCUT2D eigenvalue weighted by molar-refractivity contribution is -0.124. The number of nitrogens with zero attached hydrogens (tertiary/aromatic N) is 1. The molecule has 5 nitrogen and oxygen atoms in total. The van der Waals surface area contributed by atoms with Gasteiger partial charge >= 0.3 is 0 Å². The average molecular weight is 310 g/mol. The summed E-state index contributed by atoms with van der Waals surface area (Å²) in [7, 11) is 0. The number of hydrogen-bond donors (Lipinski definition) is 1.